The van der Waals surface area contributed by atoms with Gasteiger partial charge in [0.05, 0.1) is 30.5 Å². The van der Waals surface area contributed by atoms with E-state index in [0.29, 0.717) is 30.5 Å². The molecule has 2 rings (SSSR count). The summed E-state index contributed by atoms with van der Waals surface area (Å²) in [6.45, 7) is 1.96. The molecule has 0 atom stereocenters. The highest BCUT2D eigenvalue weighted by Gasteiger charge is 2.18. The molecule has 1 fully saturated rings. The Balaban J connectivity index is 1.91. The predicted molar refractivity (Wildman–Crippen MR) is 55.3 cm³/mol. The van der Waals surface area contributed by atoms with Crippen molar-refractivity contribution in [1.82, 2.24) is 0 Å². The Hall–Kier alpha value is -0.770. The Morgan fingerprint density at radius 2 is 2.29 bits per heavy atom. The fourth-order valence-electron chi connectivity index (χ4n) is 1.21. The maximum atomic E-state index is 5.80. The number of halogens is 1. The van der Waals surface area contributed by atoms with Gasteiger partial charge in [-0.15, -0.1) is 0 Å². The first-order valence-corrected chi connectivity index (χ1v) is 4.87. The summed E-state index contributed by atoms with van der Waals surface area (Å²) in [6.07, 6.45) is 0.243. The molecule has 1 saturated heterocycles. The number of nitrogen functional groups attached to an aromatic ring is 1. The van der Waals surface area contributed by atoms with Gasteiger partial charge in [-0.2, -0.15) is 0 Å². The summed E-state index contributed by atoms with van der Waals surface area (Å²) >= 11 is 5.80. The van der Waals surface area contributed by atoms with Crippen LogP contribution in [0.15, 0.2) is 18.2 Å². The molecular weight excluding hydrogens is 202 g/mol. The molecule has 0 aliphatic carbocycles. The lowest BCUT2D eigenvalue weighted by Gasteiger charge is -2.26. The summed E-state index contributed by atoms with van der Waals surface area (Å²) in [5.41, 5.74) is 7.30. The van der Waals surface area contributed by atoms with Crippen LogP contribution >= 0.6 is 11.6 Å². The number of benzene rings is 1. The second kappa shape index (κ2) is 4.17. The Kier molecular flexibility index (Phi) is 2.91. The summed E-state index contributed by atoms with van der Waals surface area (Å²) in [5, 5.41) is 0.584. The molecule has 76 valence electrons. The van der Waals surface area contributed by atoms with Crippen LogP contribution in [0.4, 0.5) is 5.69 Å². The molecule has 0 radical (unpaired) electrons. The van der Waals surface area contributed by atoms with E-state index >= 15 is 0 Å². The van der Waals surface area contributed by atoms with Crippen molar-refractivity contribution in [3.8, 4) is 0 Å². The Bertz CT molecular complexity index is 326. The van der Waals surface area contributed by atoms with Crippen LogP contribution in [0.1, 0.15) is 5.56 Å². The van der Waals surface area contributed by atoms with Crippen LogP contribution in [0.2, 0.25) is 5.02 Å². The van der Waals surface area contributed by atoms with Crippen LogP contribution in [0.25, 0.3) is 0 Å². The molecule has 14 heavy (non-hydrogen) atoms. The fourth-order valence-corrected chi connectivity index (χ4v) is 1.32. The summed E-state index contributed by atoms with van der Waals surface area (Å²) in [6, 6.07) is 5.53. The molecule has 1 aromatic carbocycles. The number of ether oxygens (including phenoxy) is 2. The monoisotopic (exact) mass is 213 g/mol. The van der Waals surface area contributed by atoms with Gasteiger partial charge in [0.1, 0.15) is 6.10 Å². The first-order chi connectivity index (χ1) is 6.75. The van der Waals surface area contributed by atoms with Crippen molar-refractivity contribution in [2.75, 3.05) is 18.9 Å². The van der Waals surface area contributed by atoms with Gasteiger partial charge in [-0.1, -0.05) is 17.7 Å². The van der Waals surface area contributed by atoms with Gasteiger partial charge in [-0.05, 0) is 17.7 Å². The second-order valence-electron chi connectivity index (χ2n) is 3.33. The Labute approximate surface area is 87.8 Å². The van der Waals surface area contributed by atoms with Crippen molar-refractivity contribution < 1.29 is 9.47 Å². The van der Waals surface area contributed by atoms with Crippen LogP contribution in [0.5, 0.6) is 0 Å². The molecule has 3 nitrogen and oxygen atoms in total. The van der Waals surface area contributed by atoms with Crippen molar-refractivity contribution in [1.29, 1.82) is 0 Å². The van der Waals surface area contributed by atoms with Crippen LogP contribution in [0.3, 0.4) is 0 Å². The molecule has 1 aliphatic rings. The third-order valence-electron chi connectivity index (χ3n) is 2.15. The van der Waals surface area contributed by atoms with Crippen LogP contribution in [-0.2, 0) is 16.1 Å². The van der Waals surface area contributed by atoms with E-state index in [1.165, 1.54) is 0 Å². The first kappa shape index (κ1) is 9.77. The molecule has 2 N–H and O–H groups in total. The van der Waals surface area contributed by atoms with Crippen molar-refractivity contribution in [3.05, 3.63) is 28.8 Å². The Morgan fingerprint density at radius 3 is 2.86 bits per heavy atom. The highest BCUT2D eigenvalue weighted by atomic mass is 35.5. The van der Waals surface area contributed by atoms with Gasteiger partial charge >= 0.3 is 0 Å². The summed E-state index contributed by atoms with van der Waals surface area (Å²) in [7, 11) is 0. The molecule has 1 heterocycles. The minimum Gasteiger partial charge on any atom is -0.398 e. The van der Waals surface area contributed by atoms with Crippen molar-refractivity contribution in [2.24, 2.45) is 0 Å². The smallest absolute Gasteiger partial charge is 0.105 e. The van der Waals surface area contributed by atoms with E-state index in [4.69, 9.17) is 26.8 Å². The van der Waals surface area contributed by atoms with Gasteiger partial charge in [-0.3, -0.25) is 0 Å². The van der Waals surface area contributed by atoms with E-state index < -0.39 is 0 Å². The van der Waals surface area contributed by atoms with E-state index in [2.05, 4.69) is 0 Å². The van der Waals surface area contributed by atoms with Crippen molar-refractivity contribution in [3.63, 3.8) is 0 Å². The van der Waals surface area contributed by atoms with Crippen LogP contribution in [0, 0.1) is 0 Å². The molecule has 1 aromatic rings. The van der Waals surface area contributed by atoms with Crippen LogP contribution in [-0.4, -0.2) is 19.3 Å². The first-order valence-electron chi connectivity index (χ1n) is 4.49. The highest BCUT2D eigenvalue weighted by Crippen LogP contribution is 2.20. The van der Waals surface area contributed by atoms with E-state index in [0.717, 1.165) is 5.56 Å². The van der Waals surface area contributed by atoms with Gasteiger partial charge in [0.2, 0.25) is 0 Å². The molecule has 0 bridgehead atoms. The van der Waals surface area contributed by atoms with Gasteiger partial charge in [0.25, 0.3) is 0 Å². The topological polar surface area (TPSA) is 44.5 Å². The normalized spacial score (nSPS) is 16.6. The molecule has 0 unspecified atom stereocenters. The lowest BCUT2D eigenvalue weighted by molar-refractivity contribution is -0.135. The van der Waals surface area contributed by atoms with E-state index in [-0.39, 0.29) is 6.10 Å². The van der Waals surface area contributed by atoms with Gasteiger partial charge in [0, 0.05) is 0 Å². The minimum absolute atomic E-state index is 0.243. The number of anilines is 1. The molecular formula is C10H12ClNO2. The van der Waals surface area contributed by atoms with Gasteiger partial charge in [0.15, 0.2) is 0 Å². The predicted octanol–water partition coefficient (Wildman–Crippen LogP) is 1.84. The average molecular weight is 214 g/mol. The van der Waals surface area contributed by atoms with Crippen molar-refractivity contribution in [2.45, 2.75) is 12.7 Å². The summed E-state index contributed by atoms with van der Waals surface area (Å²) in [4.78, 5) is 0. The number of nitrogens with two attached hydrogens (primary N) is 1. The third-order valence-corrected chi connectivity index (χ3v) is 2.50. The average Bonchev–Trinajstić information content (AvgIpc) is 2.08. The number of hydrogen-bond acceptors (Lipinski definition) is 3. The van der Waals surface area contributed by atoms with Gasteiger partial charge in [-0.25, -0.2) is 0 Å². The molecule has 1 aliphatic heterocycles. The quantitative estimate of drug-likeness (QED) is 0.780. The molecule has 0 saturated carbocycles. The maximum Gasteiger partial charge on any atom is 0.105 e. The largest absolute Gasteiger partial charge is 0.398 e. The standard InChI is InChI=1S/C10H12ClNO2/c11-9-2-1-7(3-10(9)12)4-14-8-5-13-6-8/h1-3,8H,4-6,12H2. The Morgan fingerprint density at radius 1 is 1.50 bits per heavy atom. The van der Waals surface area contributed by atoms with Crippen molar-refractivity contribution >= 4 is 17.3 Å². The third kappa shape index (κ3) is 2.18. The molecule has 0 spiro atoms. The zero-order valence-corrected chi connectivity index (χ0v) is 8.46. The summed E-state index contributed by atoms with van der Waals surface area (Å²) < 4.78 is 10.5. The lowest BCUT2D eigenvalue weighted by atomic mass is 10.2. The molecule has 0 aromatic heterocycles. The van der Waals surface area contributed by atoms with E-state index in [1.54, 1.807) is 6.07 Å². The minimum atomic E-state index is 0.243. The zero-order chi connectivity index (χ0) is 9.97. The second-order valence-corrected chi connectivity index (χ2v) is 3.73. The van der Waals surface area contributed by atoms with Crippen LogP contribution < -0.4 is 5.73 Å². The molecule has 0 amide bonds. The zero-order valence-electron chi connectivity index (χ0n) is 7.70. The van der Waals surface area contributed by atoms with E-state index in [9.17, 15) is 0 Å². The fraction of sp³-hybridized carbons (Fsp3) is 0.400. The lowest BCUT2D eigenvalue weighted by Crippen LogP contribution is -2.35. The number of rotatable bonds is 3. The SMILES string of the molecule is Nc1cc(COC2COC2)ccc1Cl. The van der Waals surface area contributed by atoms with Gasteiger partial charge < -0.3 is 15.2 Å². The highest BCUT2D eigenvalue weighted by molar-refractivity contribution is 6.33. The molecule has 4 heteroatoms. The maximum absolute atomic E-state index is 5.80. The van der Waals surface area contributed by atoms with E-state index in [1.807, 2.05) is 12.1 Å². The number of hydrogen-bond donors (Lipinski definition) is 1. The summed E-state index contributed by atoms with van der Waals surface area (Å²) in [5.74, 6) is 0.